The molecule has 0 aliphatic carbocycles. The second-order valence-electron chi connectivity index (χ2n) is 6.48. The third kappa shape index (κ3) is 3.39. The number of hydrogen-bond acceptors (Lipinski definition) is 5. The van der Waals surface area contributed by atoms with Crippen molar-refractivity contribution in [3.8, 4) is 0 Å². The fraction of sp³-hybridized carbons (Fsp3) is 0.444. The lowest BCUT2D eigenvalue weighted by molar-refractivity contribution is 0.383. The summed E-state index contributed by atoms with van der Waals surface area (Å²) >= 11 is 0. The van der Waals surface area contributed by atoms with Crippen LogP contribution in [0.5, 0.6) is 0 Å². The molecule has 2 aromatic rings. The molecule has 1 saturated heterocycles. The maximum absolute atomic E-state index is 12.9. The standard InChI is InChI=1S/C18H24N4O3S/c1-4-20-8-7-19-17(18(20)23)21-9-11-22(12-10-21)26(24,25)16-6-5-14(2)15(3)13-16/h5-8,13H,4,9-12H2,1-3H3. The molecule has 0 spiro atoms. The molecule has 0 saturated carbocycles. The van der Waals surface area contributed by atoms with Gasteiger partial charge in [0.05, 0.1) is 4.90 Å². The minimum absolute atomic E-state index is 0.138. The van der Waals surface area contributed by atoms with E-state index in [1.54, 1.807) is 29.1 Å². The highest BCUT2D eigenvalue weighted by Gasteiger charge is 2.30. The van der Waals surface area contributed by atoms with Crippen LogP contribution in [0.4, 0.5) is 5.82 Å². The van der Waals surface area contributed by atoms with Crippen molar-refractivity contribution in [1.82, 2.24) is 13.9 Å². The van der Waals surface area contributed by atoms with Crippen LogP contribution < -0.4 is 10.5 Å². The molecule has 7 nitrogen and oxygen atoms in total. The molecule has 8 heteroatoms. The summed E-state index contributed by atoms with van der Waals surface area (Å²) in [7, 11) is -3.53. The van der Waals surface area contributed by atoms with Crippen molar-refractivity contribution in [3.05, 3.63) is 52.1 Å². The van der Waals surface area contributed by atoms with Gasteiger partial charge < -0.3 is 9.47 Å². The Bertz CT molecular complexity index is 961. The van der Waals surface area contributed by atoms with Crippen LogP contribution in [0.1, 0.15) is 18.1 Å². The van der Waals surface area contributed by atoms with Crippen molar-refractivity contribution in [2.45, 2.75) is 32.2 Å². The molecule has 1 aliphatic heterocycles. The number of anilines is 1. The second kappa shape index (κ2) is 7.20. The van der Waals surface area contributed by atoms with Crippen LogP contribution >= 0.6 is 0 Å². The van der Waals surface area contributed by atoms with Crippen molar-refractivity contribution >= 4 is 15.8 Å². The van der Waals surface area contributed by atoms with E-state index in [0.29, 0.717) is 43.4 Å². The number of piperazine rings is 1. The molecule has 0 amide bonds. The largest absolute Gasteiger partial charge is 0.349 e. The van der Waals surface area contributed by atoms with Gasteiger partial charge in [-0.1, -0.05) is 6.07 Å². The summed E-state index contributed by atoms with van der Waals surface area (Å²) in [6, 6.07) is 5.21. The average molecular weight is 376 g/mol. The van der Waals surface area contributed by atoms with Gasteiger partial charge in [-0.2, -0.15) is 4.31 Å². The first-order valence-electron chi connectivity index (χ1n) is 8.72. The SMILES string of the molecule is CCn1ccnc(N2CCN(S(=O)(=O)c3ccc(C)c(C)c3)CC2)c1=O. The van der Waals surface area contributed by atoms with Crippen LogP contribution in [0, 0.1) is 13.8 Å². The van der Waals surface area contributed by atoms with Crippen molar-refractivity contribution in [2.75, 3.05) is 31.1 Å². The van der Waals surface area contributed by atoms with Crippen LogP contribution in [0.15, 0.2) is 40.3 Å². The third-order valence-corrected chi connectivity index (χ3v) is 6.79. The Morgan fingerprint density at radius 2 is 1.77 bits per heavy atom. The van der Waals surface area contributed by atoms with E-state index < -0.39 is 10.0 Å². The Balaban J connectivity index is 1.78. The molecule has 2 heterocycles. The summed E-state index contributed by atoms with van der Waals surface area (Å²) in [4.78, 5) is 18.8. The minimum Gasteiger partial charge on any atom is -0.349 e. The molecule has 1 aliphatic rings. The van der Waals surface area contributed by atoms with Gasteiger partial charge in [0.15, 0.2) is 5.82 Å². The van der Waals surface area contributed by atoms with Crippen LogP contribution in [0.2, 0.25) is 0 Å². The molecule has 0 bridgehead atoms. The first-order valence-corrected chi connectivity index (χ1v) is 10.2. The topological polar surface area (TPSA) is 75.5 Å². The van der Waals surface area contributed by atoms with Crippen LogP contribution in [0.25, 0.3) is 0 Å². The highest BCUT2D eigenvalue weighted by Crippen LogP contribution is 2.21. The zero-order chi connectivity index (χ0) is 18.9. The Morgan fingerprint density at radius 3 is 2.38 bits per heavy atom. The smallest absolute Gasteiger partial charge is 0.293 e. The van der Waals surface area contributed by atoms with Crippen LogP contribution in [-0.4, -0.2) is 48.5 Å². The summed E-state index contributed by atoms with van der Waals surface area (Å²) in [6.07, 6.45) is 3.27. The van der Waals surface area contributed by atoms with Gasteiger partial charge in [-0.3, -0.25) is 4.79 Å². The fourth-order valence-corrected chi connectivity index (χ4v) is 4.57. The second-order valence-corrected chi connectivity index (χ2v) is 8.42. The number of aryl methyl sites for hydroxylation is 3. The van der Waals surface area contributed by atoms with Crippen molar-refractivity contribution in [2.24, 2.45) is 0 Å². The lowest BCUT2D eigenvalue weighted by Gasteiger charge is -2.34. The van der Waals surface area contributed by atoms with E-state index in [1.807, 2.05) is 31.7 Å². The van der Waals surface area contributed by atoms with Gasteiger partial charge >= 0.3 is 0 Å². The van der Waals surface area contributed by atoms with Crippen LogP contribution in [-0.2, 0) is 16.6 Å². The van der Waals surface area contributed by atoms with Gasteiger partial charge in [-0.15, -0.1) is 0 Å². The molecule has 0 atom stereocenters. The Hall–Kier alpha value is -2.19. The molecule has 3 rings (SSSR count). The molecule has 1 aromatic heterocycles. The number of aromatic nitrogens is 2. The van der Waals surface area contributed by atoms with E-state index in [-0.39, 0.29) is 5.56 Å². The van der Waals surface area contributed by atoms with E-state index in [4.69, 9.17) is 0 Å². The third-order valence-electron chi connectivity index (χ3n) is 4.89. The lowest BCUT2D eigenvalue weighted by Crippen LogP contribution is -2.50. The van der Waals surface area contributed by atoms with E-state index in [1.165, 1.54) is 4.31 Å². The van der Waals surface area contributed by atoms with E-state index in [0.717, 1.165) is 11.1 Å². The van der Waals surface area contributed by atoms with E-state index >= 15 is 0 Å². The van der Waals surface area contributed by atoms with Crippen molar-refractivity contribution < 1.29 is 8.42 Å². The lowest BCUT2D eigenvalue weighted by atomic mass is 10.1. The van der Waals surface area contributed by atoms with Crippen molar-refractivity contribution in [1.29, 1.82) is 0 Å². The first kappa shape index (κ1) is 18.6. The number of sulfonamides is 1. The number of nitrogens with zero attached hydrogens (tertiary/aromatic N) is 4. The number of rotatable bonds is 4. The fourth-order valence-electron chi connectivity index (χ4n) is 3.07. The molecular weight excluding hydrogens is 352 g/mol. The van der Waals surface area contributed by atoms with Gasteiger partial charge in [-0.05, 0) is 44.0 Å². The monoisotopic (exact) mass is 376 g/mol. The predicted molar refractivity (Wildman–Crippen MR) is 101 cm³/mol. The van der Waals surface area contributed by atoms with Crippen LogP contribution in [0.3, 0.4) is 0 Å². The number of benzene rings is 1. The highest BCUT2D eigenvalue weighted by molar-refractivity contribution is 7.89. The molecule has 26 heavy (non-hydrogen) atoms. The molecule has 1 aromatic carbocycles. The van der Waals surface area contributed by atoms with Gasteiger partial charge in [0, 0.05) is 45.1 Å². The number of hydrogen-bond donors (Lipinski definition) is 0. The average Bonchev–Trinajstić information content (AvgIpc) is 2.64. The summed E-state index contributed by atoms with van der Waals surface area (Å²) in [5, 5.41) is 0. The quantitative estimate of drug-likeness (QED) is 0.806. The minimum atomic E-state index is -3.53. The highest BCUT2D eigenvalue weighted by atomic mass is 32.2. The zero-order valence-electron chi connectivity index (χ0n) is 15.3. The Labute approximate surface area is 153 Å². The first-order chi connectivity index (χ1) is 12.3. The van der Waals surface area contributed by atoms with E-state index in [9.17, 15) is 13.2 Å². The summed E-state index contributed by atoms with van der Waals surface area (Å²) < 4.78 is 28.9. The normalized spacial score (nSPS) is 16.0. The Morgan fingerprint density at radius 1 is 1.08 bits per heavy atom. The van der Waals surface area contributed by atoms with E-state index in [2.05, 4.69) is 4.98 Å². The predicted octanol–water partition coefficient (Wildman–Crippen LogP) is 1.39. The molecular formula is C18H24N4O3S. The molecule has 1 fully saturated rings. The Kier molecular flexibility index (Phi) is 5.15. The molecule has 140 valence electrons. The van der Waals surface area contributed by atoms with Crippen molar-refractivity contribution in [3.63, 3.8) is 0 Å². The molecule has 0 unspecified atom stereocenters. The summed E-state index contributed by atoms with van der Waals surface area (Å²) in [5.74, 6) is 0.387. The van der Waals surface area contributed by atoms with Gasteiger partial charge in [0.2, 0.25) is 10.0 Å². The zero-order valence-corrected chi connectivity index (χ0v) is 16.2. The van der Waals surface area contributed by atoms with Gasteiger partial charge in [0.25, 0.3) is 5.56 Å². The molecule has 0 radical (unpaired) electrons. The van der Waals surface area contributed by atoms with Gasteiger partial charge in [0.1, 0.15) is 0 Å². The summed E-state index contributed by atoms with van der Waals surface area (Å²) in [5.41, 5.74) is 1.88. The van der Waals surface area contributed by atoms with Gasteiger partial charge in [-0.25, -0.2) is 13.4 Å². The summed E-state index contributed by atoms with van der Waals surface area (Å²) in [6.45, 7) is 7.90. The molecule has 0 N–H and O–H groups in total. The maximum Gasteiger partial charge on any atom is 0.293 e. The maximum atomic E-state index is 12.9.